The van der Waals surface area contributed by atoms with E-state index in [9.17, 15) is 9.90 Å². The molecule has 1 heterocycles. The molecule has 0 bridgehead atoms. The molecule has 1 N–H and O–H groups in total. The van der Waals surface area contributed by atoms with Crippen LogP contribution in [0.15, 0.2) is 30.3 Å². The van der Waals surface area contributed by atoms with Gasteiger partial charge < -0.3 is 14.4 Å². The van der Waals surface area contributed by atoms with Gasteiger partial charge in [0.2, 0.25) is 0 Å². The molecule has 1 aromatic carbocycles. The average Bonchev–Trinajstić information content (AvgIpc) is 2.57. The fraction of sp³-hybridized carbons (Fsp3) is 0.562. The maximum atomic E-state index is 11.5. The van der Waals surface area contributed by atoms with Gasteiger partial charge in [-0.3, -0.25) is 4.79 Å². The molecule has 21 heavy (non-hydrogen) atoms. The topological polar surface area (TPSA) is 55.8 Å². The Labute approximate surface area is 126 Å². The van der Waals surface area contributed by atoms with Crippen LogP contribution in [0.2, 0.25) is 6.32 Å². The molecule has 1 aliphatic rings. The van der Waals surface area contributed by atoms with Crippen molar-refractivity contribution in [2.75, 3.05) is 0 Å². The quantitative estimate of drug-likeness (QED) is 0.847. The third-order valence-corrected chi connectivity index (χ3v) is 4.45. The molecule has 1 aromatic rings. The Morgan fingerprint density at radius 3 is 2.14 bits per heavy atom. The van der Waals surface area contributed by atoms with E-state index in [1.54, 1.807) is 0 Å². The molecule has 1 saturated heterocycles. The predicted molar refractivity (Wildman–Crippen MR) is 82.2 cm³/mol. The van der Waals surface area contributed by atoms with Crippen LogP contribution in [0, 0.1) is 5.92 Å². The zero-order valence-corrected chi connectivity index (χ0v) is 13.1. The van der Waals surface area contributed by atoms with Crippen LogP contribution in [0.4, 0.5) is 0 Å². The molecule has 114 valence electrons. The molecule has 0 spiro atoms. The van der Waals surface area contributed by atoms with Crippen molar-refractivity contribution in [3.63, 3.8) is 0 Å². The second-order valence-corrected chi connectivity index (χ2v) is 6.65. The van der Waals surface area contributed by atoms with E-state index < -0.39 is 30.2 Å². The van der Waals surface area contributed by atoms with E-state index in [-0.39, 0.29) is 0 Å². The van der Waals surface area contributed by atoms with Crippen molar-refractivity contribution < 1.29 is 19.2 Å². The monoisotopic (exact) mass is 290 g/mol. The number of carboxylic acid groups (broad SMARTS) is 1. The van der Waals surface area contributed by atoms with E-state index in [0.29, 0.717) is 12.7 Å². The lowest BCUT2D eigenvalue weighted by molar-refractivity contribution is -0.141. The van der Waals surface area contributed by atoms with E-state index in [0.717, 1.165) is 5.56 Å². The lowest BCUT2D eigenvalue weighted by Crippen LogP contribution is -2.41. The molecule has 0 aromatic heterocycles. The maximum absolute atomic E-state index is 11.5. The minimum absolute atomic E-state index is 0.358. The first kappa shape index (κ1) is 16.1. The minimum Gasteiger partial charge on any atom is -0.481 e. The van der Waals surface area contributed by atoms with Crippen LogP contribution >= 0.6 is 0 Å². The number of carboxylic acids is 1. The second-order valence-electron chi connectivity index (χ2n) is 6.65. The molecule has 2 rings (SSSR count). The Bertz CT molecular complexity index is 482. The lowest BCUT2D eigenvalue weighted by Gasteiger charge is -2.32. The zero-order chi connectivity index (χ0) is 15.7. The van der Waals surface area contributed by atoms with Crippen LogP contribution in [0.5, 0.6) is 0 Å². The van der Waals surface area contributed by atoms with E-state index >= 15 is 0 Å². The number of carbonyl (C=O) groups is 1. The molecule has 0 radical (unpaired) electrons. The highest BCUT2D eigenvalue weighted by Crippen LogP contribution is 2.38. The lowest BCUT2D eigenvalue weighted by atomic mass is 9.75. The van der Waals surface area contributed by atoms with Crippen LogP contribution in [0.3, 0.4) is 0 Å². The summed E-state index contributed by atoms with van der Waals surface area (Å²) in [6, 6.07) is 9.65. The van der Waals surface area contributed by atoms with E-state index in [4.69, 9.17) is 9.31 Å². The highest BCUT2D eigenvalue weighted by Gasteiger charge is 2.51. The number of rotatable bonds is 5. The molecule has 0 amide bonds. The molecule has 5 heteroatoms. The number of aliphatic carboxylic acids is 1. The van der Waals surface area contributed by atoms with E-state index in [2.05, 4.69) is 0 Å². The Morgan fingerprint density at radius 1 is 1.14 bits per heavy atom. The first-order valence-electron chi connectivity index (χ1n) is 7.34. The van der Waals surface area contributed by atoms with Crippen molar-refractivity contribution in [2.24, 2.45) is 5.92 Å². The molecule has 1 fully saturated rings. The van der Waals surface area contributed by atoms with Gasteiger partial charge in [-0.25, -0.2) is 0 Å². The van der Waals surface area contributed by atoms with Crippen molar-refractivity contribution in [1.82, 2.24) is 0 Å². The van der Waals surface area contributed by atoms with Gasteiger partial charge in [-0.05, 0) is 46.0 Å². The smallest absolute Gasteiger partial charge is 0.458 e. The average molecular weight is 290 g/mol. The first-order valence-corrected chi connectivity index (χ1v) is 7.34. The van der Waals surface area contributed by atoms with Gasteiger partial charge in [0.15, 0.2) is 0 Å². The normalized spacial score (nSPS) is 21.2. The van der Waals surface area contributed by atoms with Gasteiger partial charge in [0.25, 0.3) is 0 Å². The summed E-state index contributed by atoms with van der Waals surface area (Å²) in [5.74, 6) is -1.32. The third kappa shape index (κ3) is 3.66. The Hall–Kier alpha value is -1.33. The zero-order valence-electron chi connectivity index (χ0n) is 13.1. The summed E-state index contributed by atoms with van der Waals surface area (Å²) in [6.45, 7) is 7.89. The molecule has 0 saturated carbocycles. The Balaban J connectivity index is 2.03. The third-order valence-electron chi connectivity index (χ3n) is 4.45. The summed E-state index contributed by atoms with van der Waals surface area (Å²) >= 11 is 0. The summed E-state index contributed by atoms with van der Waals surface area (Å²) in [7, 11) is -0.472. The molecule has 4 nitrogen and oxygen atoms in total. The van der Waals surface area contributed by atoms with Crippen LogP contribution in [0.1, 0.15) is 33.3 Å². The predicted octanol–water partition coefficient (Wildman–Crippen LogP) is 3.02. The van der Waals surface area contributed by atoms with Crippen molar-refractivity contribution in [3.05, 3.63) is 35.9 Å². The van der Waals surface area contributed by atoms with Gasteiger partial charge >= 0.3 is 13.1 Å². The fourth-order valence-corrected chi connectivity index (χ4v) is 2.46. The van der Waals surface area contributed by atoms with Crippen LogP contribution < -0.4 is 0 Å². The molecule has 0 aliphatic carbocycles. The number of benzene rings is 1. The molecule has 1 aliphatic heterocycles. The summed E-state index contributed by atoms with van der Waals surface area (Å²) in [5.41, 5.74) is 0.169. The summed E-state index contributed by atoms with van der Waals surface area (Å²) in [6.07, 6.45) is 0.845. The number of hydrogen-bond acceptors (Lipinski definition) is 3. The molecule has 1 atom stereocenters. The van der Waals surface area contributed by atoms with Crippen molar-refractivity contribution in [1.29, 1.82) is 0 Å². The SMILES string of the molecule is CC1(C)OB(CC(Cc2ccccc2)C(=O)O)OC1(C)C. The highest BCUT2D eigenvalue weighted by molar-refractivity contribution is 6.46. The van der Waals surface area contributed by atoms with Gasteiger partial charge in [0, 0.05) is 0 Å². The van der Waals surface area contributed by atoms with Gasteiger partial charge in [-0.1, -0.05) is 30.3 Å². The fourth-order valence-electron chi connectivity index (χ4n) is 2.46. The Morgan fingerprint density at radius 2 is 1.67 bits per heavy atom. The second kappa shape index (κ2) is 5.81. The molecular weight excluding hydrogens is 267 g/mol. The summed E-state index contributed by atoms with van der Waals surface area (Å²) in [4.78, 5) is 11.5. The molecular formula is C16H23BO4. The van der Waals surface area contributed by atoms with E-state index in [1.807, 2.05) is 58.0 Å². The Kier molecular flexibility index (Phi) is 4.44. The van der Waals surface area contributed by atoms with Crippen molar-refractivity contribution >= 4 is 13.1 Å². The van der Waals surface area contributed by atoms with Crippen LogP contribution in [-0.2, 0) is 20.5 Å². The van der Waals surface area contributed by atoms with Gasteiger partial charge in [0.05, 0.1) is 17.1 Å². The largest absolute Gasteiger partial charge is 0.481 e. The first-order chi connectivity index (χ1) is 9.71. The number of hydrogen-bond donors (Lipinski definition) is 1. The summed E-state index contributed by atoms with van der Waals surface area (Å²) in [5, 5.41) is 9.44. The van der Waals surface area contributed by atoms with Gasteiger partial charge in [-0.15, -0.1) is 0 Å². The van der Waals surface area contributed by atoms with Gasteiger partial charge in [-0.2, -0.15) is 0 Å². The minimum atomic E-state index is -0.812. The van der Waals surface area contributed by atoms with Gasteiger partial charge in [0.1, 0.15) is 0 Å². The van der Waals surface area contributed by atoms with E-state index in [1.165, 1.54) is 0 Å². The van der Waals surface area contributed by atoms with Crippen molar-refractivity contribution in [2.45, 2.75) is 51.6 Å². The standard InChI is InChI=1S/C16H23BO4/c1-15(2)16(3,4)21-17(20-15)11-13(14(18)19)10-12-8-6-5-7-9-12/h5-9,13H,10-11H2,1-4H3,(H,18,19). The maximum Gasteiger partial charge on any atom is 0.458 e. The summed E-state index contributed by atoms with van der Waals surface area (Å²) < 4.78 is 11.8. The highest BCUT2D eigenvalue weighted by atomic mass is 16.7. The van der Waals surface area contributed by atoms with Crippen molar-refractivity contribution in [3.8, 4) is 0 Å². The van der Waals surface area contributed by atoms with Crippen LogP contribution in [0.25, 0.3) is 0 Å². The molecule has 1 unspecified atom stereocenters. The van der Waals surface area contributed by atoms with Crippen LogP contribution in [-0.4, -0.2) is 29.4 Å².